The molecule has 1 amide bonds. The Labute approximate surface area is 211 Å². The highest BCUT2D eigenvalue weighted by atomic mass is 35.5. The number of aromatic nitrogens is 7. The van der Waals surface area contributed by atoms with E-state index in [2.05, 4.69) is 36.1 Å². The molecule has 2 aromatic heterocycles. The highest BCUT2D eigenvalue weighted by molar-refractivity contribution is 6.31. The molecule has 0 aliphatic heterocycles. The van der Waals surface area contributed by atoms with E-state index in [0.717, 1.165) is 23.2 Å². The molecule has 0 unspecified atom stereocenters. The van der Waals surface area contributed by atoms with Crippen molar-refractivity contribution in [2.24, 2.45) is 0 Å². The Bertz CT molecular complexity index is 1430. The van der Waals surface area contributed by atoms with Gasteiger partial charge in [-0.3, -0.25) is 4.79 Å². The highest BCUT2D eigenvalue weighted by Crippen LogP contribution is 2.24. The normalized spacial score (nSPS) is 10.8. The molecule has 3 aromatic carbocycles. The van der Waals surface area contributed by atoms with Gasteiger partial charge in [0.25, 0.3) is 0 Å². The fraction of sp³-hybridized carbons (Fsp3) is 0.120. The third-order valence-corrected chi connectivity index (χ3v) is 5.63. The summed E-state index contributed by atoms with van der Waals surface area (Å²) in [6, 6.07) is 22.8. The number of carbonyl (C=O) groups is 1. The van der Waals surface area contributed by atoms with Crippen molar-refractivity contribution < 1.29 is 4.79 Å². The van der Waals surface area contributed by atoms with Crippen LogP contribution in [0.1, 0.15) is 5.56 Å². The summed E-state index contributed by atoms with van der Waals surface area (Å²) >= 11 is 6.12. The Morgan fingerprint density at radius 2 is 1.83 bits per heavy atom. The quantitative estimate of drug-likeness (QED) is 0.316. The third kappa shape index (κ3) is 5.73. The van der Waals surface area contributed by atoms with Gasteiger partial charge >= 0.3 is 0 Å². The Kier molecular flexibility index (Phi) is 6.95. The number of aryl methyl sites for hydroxylation is 2. The van der Waals surface area contributed by atoms with Crippen LogP contribution >= 0.6 is 11.6 Å². The minimum Gasteiger partial charge on any atom is -0.376 e. The summed E-state index contributed by atoms with van der Waals surface area (Å²) in [5.74, 6) is 0.397. The predicted octanol–water partition coefficient (Wildman–Crippen LogP) is 3.87. The maximum atomic E-state index is 12.6. The number of benzene rings is 3. The molecule has 5 aromatic rings. The van der Waals surface area contributed by atoms with Crippen LogP contribution in [-0.4, -0.2) is 47.4 Å². The molecule has 36 heavy (non-hydrogen) atoms. The summed E-state index contributed by atoms with van der Waals surface area (Å²) in [6.07, 6.45) is 3.74. The molecule has 10 nitrogen and oxygen atoms in total. The second kappa shape index (κ2) is 10.8. The van der Waals surface area contributed by atoms with Crippen molar-refractivity contribution in [2.45, 2.75) is 13.0 Å². The number of hydrogen-bond acceptors (Lipinski definition) is 7. The van der Waals surface area contributed by atoms with Gasteiger partial charge in [-0.2, -0.15) is 9.90 Å². The zero-order chi connectivity index (χ0) is 24.7. The van der Waals surface area contributed by atoms with Gasteiger partial charge in [0, 0.05) is 16.3 Å². The lowest BCUT2D eigenvalue weighted by molar-refractivity contribution is -0.114. The first kappa shape index (κ1) is 23.2. The Morgan fingerprint density at radius 3 is 2.61 bits per heavy atom. The zero-order valence-corrected chi connectivity index (χ0v) is 19.9. The number of nitrogens with one attached hydrogen (secondary N) is 2. The minimum absolute atomic E-state index is 0.0911. The molecular formula is C25H22ClN9O. The largest absolute Gasteiger partial charge is 0.376 e. The van der Waals surface area contributed by atoms with E-state index in [4.69, 9.17) is 11.6 Å². The van der Waals surface area contributed by atoms with E-state index in [1.807, 2.05) is 54.6 Å². The third-order valence-electron chi connectivity index (χ3n) is 5.39. The van der Waals surface area contributed by atoms with E-state index < -0.39 is 0 Å². The van der Waals surface area contributed by atoms with Gasteiger partial charge in [-0.15, -0.1) is 10.2 Å². The van der Waals surface area contributed by atoms with Gasteiger partial charge in [0.1, 0.15) is 12.7 Å². The molecule has 0 bridgehead atoms. The molecule has 180 valence electrons. The van der Waals surface area contributed by atoms with E-state index in [0.29, 0.717) is 28.8 Å². The number of rotatable bonds is 9. The number of amides is 1. The Balaban J connectivity index is 1.13. The second-order valence-corrected chi connectivity index (χ2v) is 8.36. The van der Waals surface area contributed by atoms with Gasteiger partial charge < -0.3 is 10.6 Å². The van der Waals surface area contributed by atoms with Gasteiger partial charge in [0.05, 0.1) is 24.5 Å². The van der Waals surface area contributed by atoms with Crippen LogP contribution < -0.4 is 10.6 Å². The number of nitrogens with zero attached hydrogens (tertiary/aromatic N) is 7. The lowest BCUT2D eigenvalue weighted by atomic mass is 10.1. The minimum atomic E-state index is -0.214. The fourth-order valence-electron chi connectivity index (χ4n) is 3.58. The van der Waals surface area contributed by atoms with Crippen LogP contribution in [0.2, 0.25) is 5.02 Å². The Hall–Kier alpha value is -4.57. The van der Waals surface area contributed by atoms with Crippen molar-refractivity contribution in [1.82, 2.24) is 35.0 Å². The molecule has 5 rings (SSSR count). The van der Waals surface area contributed by atoms with Crippen LogP contribution in [-0.2, 0) is 17.8 Å². The molecule has 11 heteroatoms. The standard InChI is InChI=1S/C25H22ClN9O/c26-20-8-11-23(34-17-27-16-29-34)22(14-20)30-24(36)15-28-21-9-6-18(7-10-21)12-13-35-32-25(31-33-35)19-4-2-1-3-5-19/h1-11,14,16-17,28H,12-13,15H2,(H,30,36). The highest BCUT2D eigenvalue weighted by Gasteiger charge is 2.10. The molecule has 0 aliphatic rings. The summed E-state index contributed by atoms with van der Waals surface area (Å²) in [6.45, 7) is 0.705. The van der Waals surface area contributed by atoms with Gasteiger partial charge in [0.15, 0.2) is 0 Å². The lowest BCUT2D eigenvalue weighted by Crippen LogP contribution is -2.22. The number of anilines is 2. The molecular weight excluding hydrogens is 478 g/mol. The van der Waals surface area contributed by atoms with Crippen LogP contribution in [0, 0.1) is 0 Å². The molecule has 2 N–H and O–H groups in total. The topological polar surface area (TPSA) is 115 Å². The number of tetrazole rings is 1. The summed E-state index contributed by atoms with van der Waals surface area (Å²) in [7, 11) is 0. The van der Waals surface area contributed by atoms with Crippen molar-refractivity contribution in [3.63, 3.8) is 0 Å². The van der Waals surface area contributed by atoms with Crippen molar-refractivity contribution >= 4 is 28.9 Å². The number of carbonyl (C=O) groups excluding carboxylic acids is 1. The van der Waals surface area contributed by atoms with Crippen molar-refractivity contribution in [3.05, 3.63) is 96.0 Å². The smallest absolute Gasteiger partial charge is 0.243 e. The van der Waals surface area contributed by atoms with E-state index in [1.165, 1.54) is 6.33 Å². The summed E-state index contributed by atoms with van der Waals surface area (Å²) < 4.78 is 1.56. The monoisotopic (exact) mass is 499 g/mol. The van der Waals surface area contributed by atoms with Crippen molar-refractivity contribution in [2.75, 3.05) is 17.2 Å². The molecule has 0 saturated heterocycles. The van der Waals surface area contributed by atoms with E-state index in [-0.39, 0.29) is 12.5 Å². The molecule has 0 atom stereocenters. The fourth-order valence-corrected chi connectivity index (χ4v) is 3.75. The van der Waals surface area contributed by atoms with Gasteiger partial charge in [-0.05, 0) is 47.5 Å². The molecule has 2 heterocycles. The summed E-state index contributed by atoms with van der Waals surface area (Å²) in [5, 5.41) is 23.3. The van der Waals surface area contributed by atoms with Crippen LogP contribution in [0.3, 0.4) is 0 Å². The Morgan fingerprint density at radius 1 is 1.00 bits per heavy atom. The SMILES string of the molecule is O=C(CNc1ccc(CCn2nnc(-c3ccccc3)n2)cc1)Nc1cc(Cl)ccc1-n1cncn1. The first-order valence-electron chi connectivity index (χ1n) is 11.2. The van der Waals surface area contributed by atoms with E-state index >= 15 is 0 Å². The first-order valence-corrected chi connectivity index (χ1v) is 11.6. The number of halogens is 1. The summed E-state index contributed by atoms with van der Waals surface area (Å²) in [4.78, 5) is 18.1. The average Bonchev–Trinajstić information content (AvgIpc) is 3.60. The molecule has 0 aliphatic carbocycles. The predicted molar refractivity (Wildman–Crippen MR) is 137 cm³/mol. The van der Waals surface area contributed by atoms with Gasteiger partial charge in [-0.1, -0.05) is 54.1 Å². The maximum Gasteiger partial charge on any atom is 0.243 e. The maximum absolute atomic E-state index is 12.6. The van der Waals surface area contributed by atoms with Crippen LogP contribution in [0.5, 0.6) is 0 Å². The molecule has 0 fully saturated rings. The molecule has 0 radical (unpaired) electrons. The second-order valence-electron chi connectivity index (χ2n) is 7.93. The van der Waals surface area contributed by atoms with Gasteiger partial charge in [-0.25, -0.2) is 9.67 Å². The van der Waals surface area contributed by atoms with Gasteiger partial charge in [0.2, 0.25) is 11.7 Å². The summed E-state index contributed by atoms with van der Waals surface area (Å²) in [5.41, 5.74) is 4.12. The average molecular weight is 500 g/mol. The zero-order valence-electron chi connectivity index (χ0n) is 19.1. The van der Waals surface area contributed by atoms with E-state index in [9.17, 15) is 4.79 Å². The molecule has 0 saturated carbocycles. The van der Waals surface area contributed by atoms with Crippen LogP contribution in [0.4, 0.5) is 11.4 Å². The lowest BCUT2D eigenvalue weighted by Gasteiger charge is -2.12. The van der Waals surface area contributed by atoms with Crippen molar-refractivity contribution in [1.29, 1.82) is 0 Å². The van der Waals surface area contributed by atoms with Crippen LogP contribution in [0.15, 0.2) is 85.5 Å². The number of hydrogen-bond donors (Lipinski definition) is 2. The molecule has 0 spiro atoms. The van der Waals surface area contributed by atoms with Crippen molar-refractivity contribution in [3.8, 4) is 17.1 Å². The van der Waals surface area contributed by atoms with Crippen LogP contribution in [0.25, 0.3) is 17.1 Å². The van der Waals surface area contributed by atoms with E-state index in [1.54, 1.807) is 34.0 Å². The first-order chi connectivity index (χ1) is 17.6.